The van der Waals surface area contributed by atoms with Gasteiger partial charge in [-0.15, -0.1) is 0 Å². The van der Waals surface area contributed by atoms with Gasteiger partial charge in [0.1, 0.15) is 5.84 Å². The molecular formula is C9H15N5. The molecule has 0 bridgehead atoms. The van der Waals surface area contributed by atoms with E-state index in [0.29, 0.717) is 12.5 Å². The highest BCUT2D eigenvalue weighted by Gasteiger charge is 2.20. The highest BCUT2D eigenvalue weighted by atomic mass is 15.3. The predicted molar refractivity (Wildman–Crippen MR) is 54.7 cm³/mol. The summed E-state index contributed by atoms with van der Waals surface area (Å²) in [4.78, 5) is 4.44. The summed E-state index contributed by atoms with van der Waals surface area (Å²) in [6.45, 7) is 0. The molecule has 0 atom stereocenters. The molecule has 0 amide bonds. The van der Waals surface area contributed by atoms with Gasteiger partial charge in [0.25, 0.3) is 0 Å². The number of hydrogen-bond donors (Lipinski definition) is 2. The van der Waals surface area contributed by atoms with Crippen LogP contribution in [0.25, 0.3) is 0 Å². The van der Waals surface area contributed by atoms with Crippen LogP contribution in [-0.2, 0) is 13.5 Å². The maximum atomic E-state index is 5.39. The number of rotatable bonds is 3. The number of nitrogens with two attached hydrogens (primary N) is 1. The van der Waals surface area contributed by atoms with Gasteiger partial charge in [-0.05, 0) is 18.9 Å². The number of hydrogen-bond acceptors (Lipinski definition) is 3. The Morgan fingerprint density at radius 2 is 2.57 bits per heavy atom. The summed E-state index contributed by atoms with van der Waals surface area (Å²) in [5.41, 5.74) is 3.62. The molecule has 1 aliphatic rings. The number of hydrazine groups is 1. The van der Waals surface area contributed by atoms with E-state index in [9.17, 15) is 0 Å². The highest BCUT2D eigenvalue weighted by Crippen LogP contribution is 2.23. The quantitative estimate of drug-likeness (QED) is 0.307. The Hall–Kier alpha value is -1.36. The average molecular weight is 193 g/mol. The van der Waals surface area contributed by atoms with Gasteiger partial charge >= 0.3 is 0 Å². The molecule has 1 fully saturated rings. The van der Waals surface area contributed by atoms with Crippen molar-refractivity contribution < 1.29 is 0 Å². The Kier molecular flexibility index (Phi) is 2.49. The van der Waals surface area contributed by atoms with Crippen molar-refractivity contribution in [1.29, 1.82) is 0 Å². The summed E-state index contributed by atoms with van der Waals surface area (Å²) >= 11 is 0. The Morgan fingerprint density at radius 3 is 3.07 bits per heavy atom. The van der Waals surface area contributed by atoms with E-state index in [1.165, 1.54) is 12.8 Å². The van der Waals surface area contributed by atoms with Crippen LogP contribution in [0.15, 0.2) is 17.3 Å². The van der Waals surface area contributed by atoms with E-state index in [1.54, 1.807) is 4.68 Å². The Balaban J connectivity index is 2.00. The zero-order valence-electron chi connectivity index (χ0n) is 8.27. The third kappa shape index (κ3) is 2.32. The monoisotopic (exact) mass is 193 g/mol. The molecule has 5 nitrogen and oxygen atoms in total. The summed E-state index contributed by atoms with van der Waals surface area (Å²) in [5, 5.41) is 4.27. The van der Waals surface area contributed by atoms with Gasteiger partial charge in [0, 0.05) is 13.2 Å². The molecule has 0 unspecified atom stereocenters. The third-order valence-corrected chi connectivity index (χ3v) is 2.17. The van der Waals surface area contributed by atoms with Gasteiger partial charge in [0.15, 0.2) is 0 Å². The molecular weight excluding hydrogens is 178 g/mol. The largest absolute Gasteiger partial charge is 0.312 e. The highest BCUT2D eigenvalue weighted by molar-refractivity contribution is 5.83. The van der Waals surface area contributed by atoms with Crippen molar-refractivity contribution in [3.8, 4) is 0 Å². The SMILES string of the molecule is Cn1ccc(CC(=NC2CC2)NN)n1. The molecule has 0 spiro atoms. The fourth-order valence-corrected chi connectivity index (χ4v) is 1.29. The lowest BCUT2D eigenvalue weighted by Crippen LogP contribution is -2.32. The van der Waals surface area contributed by atoms with Crippen molar-refractivity contribution in [2.24, 2.45) is 17.9 Å². The summed E-state index contributed by atoms with van der Waals surface area (Å²) in [6, 6.07) is 2.46. The van der Waals surface area contributed by atoms with Crippen molar-refractivity contribution in [2.75, 3.05) is 0 Å². The average Bonchev–Trinajstić information content (AvgIpc) is 2.89. The number of nitrogens with zero attached hydrogens (tertiary/aromatic N) is 3. The first kappa shape index (κ1) is 9.21. The first-order chi connectivity index (χ1) is 6.78. The second-order valence-corrected chi connectivity index (χ2v) is 3.61. The first-order valence-corrected chi connectivity index (χ1v) is 4.80. The van der Waals surface area contributed by atoms with E-state index < -0.39 is 0 Å². The van der Waals surface area contributed by atoms with Gasteiger partial charge in [-0.1, -0.05) is 0 Å². The maximum absolute atomic E-state index is 5.39. The van der Waals surface area contributed by atoms with Crippen LogP contribution in [-0.4, -0.2) is 21.7 Å². The molecule has 0 aromatic carbocycles. The van der Waals surface area contributed by atoms with Gasteiger partial charge in [0.05, 0.1) is 18.2 Å². The molecule has 0 radical (unpaired) electrons. The van der Waals surface area contributed by atoms with Crippen molar-refractivity contribution in [3.05, 3.63) is 18.0 Å². The van der Waals surface area contributed by atoms with Gasteiger partial charge in [0.2, 0.25) is 0 Å². The van der Waals surface area contributed by atoms with Gasteiger partial charge in [-0.2, -0.15) is 5.10 Å². The van der Waals surface area contributed by atoms with Crippen molar-refractivity contribution >= 4 is 5.84 Å². The van der Waals surface area contributed by atoms with Crippen molar-refractivity contribution in [3.63, 3.8) is 0 Å². The van der Waals surface area contributed by atoms with Crippen LogP contribution in [0.4, 0.5) is 0 Å². The topological polar surface area (TPSA) is 68.2 Å². The zero-order chi connectivity index (χ0) is 9.97. The second kappa shape index (κ2) is 3.79. The number of aromatic nitrogens is 2. The lowest BCUT2D eigenvalue weighted by Gasteiger charge is -2.02. The summed E-state index contributed by atoms with van der Waals surface area (Å²) in [5.74, 6) is 6.21. The van der Waals surface area contributed by atoms with E-state index in [2.05, 4.69) is 15.5 Å². The van der Waals surface area contributed by atoms with Crippen LogP contribution in [0.5, 0.6) is 0 Å². The van der Waals surface area contributed by atoms with E-state index in [0.717, 1.165) is 11.5 Å². The summed E-state index contributed by atoms with van der Waals surface area (Å²) in [6.07, 6.45) is 4.98. The van der Waals surface area contributed by atoms with Gasteiger partial charge < -0.3 is 5.43 Å². The normalized spacial score (nSPS) is 17.1. The zero-order valence-corrected chi connectivity index (χ0v) is 8.27. The minimum atomic E-state index is 0.491. The fraction of sp³-hybridized carbons (Fsp3) is 0.556. The lowest BCUT2D eigenvalue weighted by atomic mass is 10.3. The van der Waals surface area contributed by atoms with Crippen LogP contribution in [0.1, 0.15) is 18.5 Å². The van der Waals surface area contributed by atoms with E-state index in [1.807, 2.05) is 19.3 Å². The first-order valence-electron chi connectivity index (χ1n) is 4.80. The lowest BCUT2D eigenvalue weighted by molar-refractivity contribution is 0.750. The molecule has 1 aromatic heterocycles. The van der Waals surface area contributed by atoms with E-state index in [-0.39, 0.29) is 0 Å². The number of nitrogens with one attached hydrogen (secondary N) is 1. The van der Waals surface area contributed by atoms with Crippen molar-refractivity contribution in [2.45, 2.75) is 25.3 Å². The fourth-order valence-electron chi connectivity index (χ4n) is 1.29. The number of aliphatic imine (C=N–C) groups is 1. The minimum absolute atomic E-state index is 0.491. The molecule has 1 saturated carbocycles. The Morgan fingerprint density at radius 1 is 1.79 bits per heavy atom. The Bertz CT molecular complexity index is 337. The standard InChI is InChI=1S/C9H15N5/c1-14-5-4-8(13-14)6-9(12-10)11-7-2-3-7/h4-5,7H,2-3,6,10H2,1H3,(H,11,12). The molecule has 3 N–H and O–H groups in total. The summed E-state index contributed by atoms with van der Waals surface area (Å²) < 4.78 is 1.78. The molecule has 1 heterocycles. The van der Waals surface area contributed by atoms with Crippen LogP contribution in [0, 0.1) is 0 Å². The van der Waals surface area contributed by atoms with Crippen LogP contribution >= 0.6 is 0 Å². The number of aryl methyl sites for hydroxylation is 1. The van der Waals surface area contributed by atoms with Crippen LogP contribution in [0.2, 0.25) is 0 Å². The number of amidine groups is 1. The van der Waals surface area contributed by atoms with Crippen LogP contribution < -0.4 is 11.3 Å². The molecule has 2 rings (SSSR count). The molecule has 1 aromatic rings. The minimum Gasteiger partial charge on any atom is -0.312 e. The van der Waals surface area contributed by atoms with Crippen LogP contribution in [0.3, 0.4) is 0 Å². The third-order valence-electron chi connectivity index (χ3n) is 2.17. The van der Waals surface area contributed by atoms with E-state index in [4.69, 9.17) is 5.84 Å². The molecule has 0 saturated heterocycles. The predicted octanol–water partition coefficient (Wildman–Crippen LogP) is -0.0132. The molecule has 76 valence electrons. The second-order valence-electron chi connectivity index (χ2n) is 3.61. The smallest absolute Gasteiger partial charge is 0.117 e. The molecule has 1 aliphatic carbocycles. The van der Waals surface area contributed by atoms with Crippen molar-refractivity contribution in [1.82, 2.24) is 15.2 Å². The molecule has 14 heavy (non-hydrogen) atoms. The Labute approximate surface area is 83.0 Å². The maximum Gasteiger partial charge on any atom is 0.117 e. The summed E-state index contributed by atoms with van der Waals surface area (Å²) in [7, 11) is 1.90. The van der Waals surface area contributed by atoms with E-state index >= 15 is 0 Å². The van der Waals surface area contributed by atoms with Gasteiger partial charge in [-0.3, -0.25) is 9.67 Å². The molecule has 0 aliphatic heterocycles. The molecule has 5 heteroatoms. The van der Waals surface area contributed by atoms with Gasteiger partial charge in [-0.25, -0.2) is 5.84 Å².